The Morgan fingerprint density at radius 3 is 2.83 bits per heavy atom. The quantitative estimate of drug-likeness (QED) is 0.380. The number of nitrogens with one attached hydrogen (secondary N) is 1. The number of hydrogen-bond acceptors (Lipinski definition) is 8. The van der Waals surface area contributed by atoms with Crippen LogP contribution in [0, 0.1) is 18.3 Å². The van der Waals surface area contributed by atoms with Crippen molar-refractivity contribution in [3.05, 3.63) is 39.4 Å². The number of hydrogen-bond donors (Lipinski definition) is 2. The molecule has 8 nitrogen and oxygen atoms in total. The van der Waals surface area contributed by atoms with E-state index >= 15 is 0 Å². The van der Waals surface area contributed by atoms with Crippen LogP contribution >= 0.6 is 11.3 Å². The first-order valence-corrected chi connectivity index (χ1v) is 7.09. The molecule has 0 radical (unpaired) electrons. The van der Waals surface area contributed by atoms with Crippen molar-refractivity contribution in [3.8, 4) is 6.07 Å². The summed E-state index contributed by atoms with van der Waals surface area (Å²) in [4.78, 5) is 24.0. The molecule has 0 aliphatic heterocycles. The number of thiophene rings is 1. The van der Waals surface area contributed by atoms with Crippen molar-refractivity contribution in [2.45, 2.75) is 6.92 Å². The molecule has 0 bridgehead atoms. The molecule has 0 aliphatic rings. The van der Waals surface area contributed by atoms with Gasteiger partial charge in [0, 0.05) is 0 Å². The zero-order valence-electron chi connectivity index (χ0n) is 12.1. The number of nitriles is 1. The van der Waals surface area contributed by atoms with Gasteiger partial charge in [0.05, 0.1) is 24.6 Å². The Labute approximate surface area is 134 Å². The van der Waals surface area contributed by atoms with Gasteiger partial charge in [0.2, 0.25) is 0 Å². The number of rotatable bonds is 4. The van der Waals surface area contributed by atoms with Crippen LogP contribution in [0.25, 0.3) is 5.76 Å². The molecule has 2 aromatic heterocycles. The van der Waals surface area contributed by atoms with Crippen molar-refractivity contribution in [2.75, 3.05) is 12.4 Å². The van der Waals surface area contributed by atoms with Crippen LogP contribution in [-0.2, 0) is 9.53 Å². The summed E-state index contributed by atoms with van der Waals surface area (Å²) in [6.07, 6.45) is 1.19. The molecule has 1 amide bonds. The molecule has 0 fully saturated rings. The van der Waals surface area contributed by atoms with E-state index in [4.69, 9.17) is 9.78 Å². The zero-order valence-corrected chi connectivity index (χ0v) is 12.9. The summed E-state index contributed by atoms with van der Waals surface area (Å²) in [6.45, 7) is 1.53. The number of aromatic nitrogens is 1. The molecule has 2 heterocycles. The topological polar surface area (TPSA) is 125 Å². The molecule has 23 heavy (non-hydrogen) atoms. The molecule has 9 heteroatoms. The molecule has 118 valence electrons. The third-order valence-corrected chi connectivity index (χ3v) is 3.76. The Morgan fingerprint density at radius 2 is 2.26 bits per heavy atom. The van der Waals surface area contributed by atoms with Crippen LogP contribution in [0.3, 0.4) is 0 Å². The van der Waals surface area contributed by atoms with Crippen molar-refractivity contribution in [1.82, 2.24) is 5.16 Å². The SMILES string of the molecule is COC(=O)c1sccc1NC(=O)C(C#N)=C(O)c1cnoc1C. The van der Waals surface area contributed by atoms with Crippen LogP contribution in [0.4, 0.5) is 5.69 Å². The first-order chi connectivity index (χ1) is 11.0. The number of aliphatic hydroxyl groups excluding tert-OH is 1. The van der Waals surface area contributed by atoms with Gasteiger partial charge in [-0.05, 0) is 18.4 Å². The molecule has 2 rings (SSSR count). The van der Waals surface area contributed by atoms with Gasteiger partial charge in [-0.3, -0.25) is 4.79 Å². The monoisotopic (exact) mass is 333 g/mol. The maximum atomic E-state index is 12.2. The third kappa shape index (κ3) is 3.22. The fourth-order valence-corrected chi connectivity index (χ4v) is 2.48. The van der Waals surface area contributed by atoms with E-state index in [1.54, 1.807) is 11.4 Å². The molecule has 2 N–H and O–H groups in total. The summed E-state index contributed by atoms with van der Waals surface area (Å²) in [7, 11) is 1.22. The van der Waals surface area contributed by atoms with Gasteiger partial charge in [-0.15, -0.1) is 11.3 Å². The molecular weight excluding hydrogens is 322 g/mol. The van der Waals surface area contributed by atoms with Crippen molar-refractivity contribution >= 4 is 34.7 Å². The predicted molar refractivity (Wildman–Crippen MR) is 80.7 cm³/mol. The van der Waals surface area contributed by atoms with Gasteiger partial charge in [0.15, 0.2) is 11.3 Å². The molecule has 2 aromatic rings. The molecule has 0 aromatic carbocycles. The van der Waals surface area contributed by atoms with Crippen LogP contribution < -0.4 is 5.32 Å². The molecule has 0 saturated heterocycles. The Hall–Kier alpha value is -3.12. The van der Waals surface area contributed by atoms with Gasteiger partial charge in [0.25, 0.3) is 5.91 Å². The summed E-state index contributed by atoms with van der Waals surface area (Å²) < 4.78 is 9.39. The number of amides is 1. The van der Waals surface area contributed by atoms with Gasteiger partial charge in [-0.1, -0.05) is 5.16 Å². The highest BCUT2D eigenvalue weighted by molar-refractivity contribution is 7.12. The second-order valence-electron chi connectivity index (χ2n) is 4.24. The maximum absolute atomic E-state index is 12.2. The predicted octanol–water partition coefficient (Wildman–Crippen LogP) is 2.26. The van der Waals surface area contributed by atoms with Crippen LogP contribution in [0.2, 0.25) is 0 Å². The Bertz CT molecular complexity index is 828. The summed E-state index contributed by atoms with van der Waals surface area (Å²) in [5.41, 5.74) is -0.206. The van der Waals surface area contributed by atoms with Crippen LogP contribution in [0.1, 0.15) is 21.0 Å². The smallest absolute Gasteiger partial charge is 0.350 e. The van der Waals surface area contributed by atoms with Crippen LogP contribution in [0.15, 0.2) is 27.7 Å². The molecule has 0 saturated carbocycles. The number of esters is 1. The lowest BCUT2D eigenvalue weighted by molar-refractivity contribution is -0.112. The van der Waals surface area contributed by atoms with E-state index in [9.17, 15) is 14.7 Å². The minimum Gasteiger partial charge on any atom is -0.506 e. The molecule has 0 atom stereocenters. The standard InChI is InChI=1S/C14H11N3O5S/c1-7-9(6-16-22-7)11(18)8(5-15)13(19)17-10-3-4-23-12(10)14(20)21-2/h3-4,6,18H,1-2H3,(H,17,19). The number of anilines is 1. The van der Waals surface area contributed by atoms with Crippen LogP contribution in [0.5, 0.6) is 0 Å². The zero-order chi connectivity index (χ0) is 17.0. The summed E-state index contributed by atoms with van der Waals surface area (Å²) in [5, 5.41) is 26.7. The van der Waals surface area contributed by atoms with E-state index in [0.717, 1.165) is 11.3 Å². The number of ether oxygens (including phenoxy) is 1. The van der Waals surface area contributed by atoms with Crippen molar-refractivity contribution in [3.63, 3.8) is 0 Å². The average Bonchev–Trinajstić information content (AvgIpc) is 3.16. The lowest BCUT2D eigenvalue weighted by Gasteiger charge is -2.06. The van der Waals surface area contributed by atoms with E-state index in [1.165, 1.54) is 26.3 Å². The number of methoxy groups -OCH3 is 1. The normalized spacial score (nSPS) is 11.3. The largest absolute Gasteiger partial charge is 0.506 e. The van der Waals surface area contributed by atoms with E-state index in [2.05, 4.69) is 15.2 Å². The highest BCUT2D eigenvalue weighted by Crippen LogP contribution is 2.25. The first kappa shape index (κ1) is 16.3. The fraction of sp³-hybridized carbons (Fsp3) is 0.143. The van der Waals surface area contributed by atoms with Gasteiger partial charge >= 0.3 is 5.97 Å². The lowest BCUT2D eigenvalue weighted by atomic mass is 10.1. The molecule has 0 aliphatic carbocycles. The summed E-state index contributed by atoms with van der Waals surface area (Å²) in [6, 6.07) is 3.12. The van der Waals surface area contributed by atoms with E-state index < -0.39 is 23.2 Å². The van der Waals surface area contributed by atoms with Gasteiger partial charge in [-0.2, -0.15) is 5.26 Å². The second kappa shape index (κ2) is 6.76. The second-order valence-corrected chi connectivity index (χ2v) is 5.16. The van der Waals surface area contributed by atoms with Gasteiger partial charge < -0.3 is 19.7 Å². The van der Waals surface area contributed by atoms with E-state index in [-0.39, 0.29) is 21.9 Å². The number of carbonyl (C=O) groups is 2. The minimum atomic E-state index is -0.867. The van der Waals surface area contributed by atoms with Gasteiger partial charge in [-0.25, -0.2) is 4.79 Å². The fourth-order valence-electron chi connectivity index (χ4n) is 1.72. The number of aliphatic hydroxyl groups is 1. The van der Waals surface area contributed by atoms with E-state index in [1.807, 2.05) is 0 Å². The Balaban J connectivity index is 2.33. The summed E-state index contributed by atoms with van der Waals surface area (Å²) in [5.74, 6) is -1.78. The molecular formula is C14H11N3O5S. The highest BCUT2D eigenvalue weighted by Gasteiger charge is 2.22. The van der Waals surface area contributed by atoms with Crippen LogP contribution in [-0.4, -0.2) is 29.2 Å². The van der Waals surface area contributed by atoms with Crippen molar-refractivity contribution in [2.24, 2.45) is 0 Å². The highest BCUT2D eigenvalue weighted by atomic mass is 32.1. The molecule has 0 spiro atoms. The minimum absolute atomic E-state index is 0.134. The Kier molecular flexibility index (Phi) is 4.78. The first-order valence-electron chi connectivity index (χ1n) is 6.21. The number of nitrogens with zero attached hydrogens (tertiary/aromatic N) is 2. The Morgan fingerprint density at radius 1 is 1.52 bits per heavy atom. The molecule has 0 unspecified atom stereocenters. The lowest BCUT2D eigenvalue weighted by Crippen LogP contribution is -2.16. The average molecular weight is 333 g/mol. The van der Waals surface area contributed by atoms with Crippen molar-refractivity contribution in [1.29, 1.82) is 5.26 Å². The third-order valence-electron chi connectivity index (χ3n) is 2.87. The van der Waals surface area contributed by atoms with Crippen molar-refractivity contribution < 1.29 is 24.0 Å². The number of carbonyl (C=O) groups excluding carboxylic acids is 2. The van der Waals surface area contributed by atoms with E-state index in [0.29, 0.717) is 0 Å². The summed E-state index contributed by atoms with van der Waals surface area (Å²) >= 11 is 1.08. The van der Waals surface area contributed by atoms with Gasteiger partial charge in [0.1, 0.15) is 16.7 Å². The maximum Gasteiger partial charge on any atom is 0.350 e. The number of aryl methyl sites for hydroxylation is 1.